The fourth-order valence-electron chi connectivity index (χ4n) is 2.25. The van der Waals surface area contributed by atoms with E-state index in [0.717, 1.165) is 6.54 Å². The third-order valence-corrected chi connectivity index (χ3v) is 4.81. The van der Waals surface area contributed by atoms with E-state index >= 15 is 0 Å². The van der Waals surface area contributed by atoms with Gasteiger partial charge in [-0.05, 0) is 36.8 Å². The third kappa shape index (κ3) is 3.12. The molecule has 0 bridgehead atoms. The van der Waals surface area contributed by atoms with Crippen LogP contribution in [-0.4, -0.2) is 29.5 Å². The maximum absolute atomic E-state index is 12.2. The minimum absolute atomic E-state index is 0.135. The van der Waals surface area contributed by atoms with Crippen molar-refractivity contribution in [2.75, 3.05) is 6.54 Å². The second-order valence-corrected chi connectivity index (χ2v) is 6.73. The lowest BCUT2D eigenvalue weighted by Gasteiger charge is -2.07. The zero-order valence-corrected chi connectivity index (χ0v) is 12.6. The highest BCUT2D eigenvalue weighted by Gasteiger charge is 2.14. The molecule has 2 aromatic heterocycles. The van der Waals surface area contributed by atoms with Crippen molar-refractivity contribution in [1.82, 2.24) is 19.3 Å². The lowest BCUT2D eigenvalue weighted by Crippen LogP contribution is -2.25. The van der Waals surface area contributed by atoms with Crippen LogP contribution >= 0.6 is 0 Å². The summed E-state index contributed by atoms with van der Waals surface area (Å²) in [6, 6.07) is 8.34. The number of benzene rings is 1. The fraction of sp³-hybridized carbons (Fsp3) is 0.214. The van der Waals surface area contributed by atoms with E-state index in [4.69, 9.17) is 0 Å². The molecule has 0 amide bonds. The van der Waals surface area contributed by atoms with Crippen LogP contribution in [0.5, 0.6) is 0 Å². The minimum Gasteiger partial charge on any atom is -0.354 e. The summed E-state index contributed by atoms with van der Waals surface area (Å²) < 4.78 is 29.0. The summed E-state index contributed by atoms with van der Waals surface area (Å²) in [5.74, 6) is 0. The standard InChI is InChI=1S/C14H16N4O3S/c19-14-16-12-5-4-11(10-13(12)17-14)22(20,21)15-6-3-9-18-7-1-2-8-18/h1-2,4-5,7-8,10,15H,3,6,9H2,(H2,16,17,19). The van der Waals surface area contributed by atoms with Gasteiger partial charge in [0, 0.05) is 25.5 Å². The number of hydrogen-bond donors (Lipinski definition) is 3. The average molecular weight is 320 g/mol. The average Bonchev–Trinajstić information content (AvgIpc) is 3.10. The van der Waals surface area contributed by atoms with Gasteiger partial charge in [-0.3, -0.25) is 0 Å². The maximum Gasteiger partial charge on any atom is 0.323 e. The number of H-pyrrole nitrogens is 2. The summed E-state index contributed by atoms with van der Waals surface area (Å²) in [5.41, 5.74) is 0.695. The van der Waals surface area contributed by atoms with Crippen molar-refractivity contribution in [3.63, 3.8) is 0 Å². The van der Waals surface area contributed by atoms with Crippen molar-refractivity contribution >= 4 is 21.1 Å². The number of fused-ring (bicyclic) bond motifs is 1. The van der Waals surface area contributed by atoms with Crippen molar-refractivity contribution in [3.05, 3.63) is 53.2 Å². The smallest absolute Gasteiger partial charge is 0.323 e. The normalized spacial score (nSPS) is 12.0. The molecule has 3 N–H and O–H groups in total. The molecule has 22 heavy (non-hydrogen) atoms. The van der Waals surface area contributed by atoms with Crippen LogP contribution in [0.3, 0.4) is 0 Å². The fourth-order valence-corrected chi connectivity index (χ4v) is 3.35. The third-order valence-electron chi connectivity index (χ3n) is 3.35. The Kier molecular flexibility index (Phi) is 3.86. The Morgan fingerprint density at radius 1 is 1.09 bits per heavy atom. The van der Waals surface area contributed by atoms with Gasteiger partial charge in [0.15, 0.2) is 0 Å². The van der Waals surface area contributed by atoms with Gasteiger partial charge in [-0.1, -0.05) is 0 Å². The first-order valence-corrected chi connectivity index (χ1v) is 8.35. The lowest BCUT2D eigenvalue weighted by atomic mass is 10.3. The maximum atomic E-state index is 12.2. The predicted octanol–water partition coefficient (Wildman–Crippen LogP) is 1.03. The number of imidazole rings is 1. The number of aromatic amines is 2. The first-order valence-electron chi connectivity index (χ1n) is 6.87. The van der Waals surface area contributed by atoms with E-state index in [1.54, 1.807) is 6.07 Å². The summed E-state index contributed by atoms with van der Waals surface area (Å²) in [7, 11) is -3.58. The highest BCUT2D eigenvalue weighted by molar-refractivity contribution is 7.89. The van der Waals surface area contributed by atoms with E-state index in [0.29, 0.717) is 24.0 Å². The molecule has 7 nitrogen and oxygen atoms in total. The van der Waals surface area contributed by atoms with E-state index in [9.17, 15) is 13.2 Å². The van der Waals surface area contributed by atoms with Gasteiger partial charge in [-0.25, -0.2) is 17.9 Å². The van der Waals surface area contributed by atoms with Gasteiger partial charge in [0.25, 0.3) is 0 Å². The van der Waals surface area contributed by atoms with Crippen molar-refractivity contribution < 1.29 is 8.42 Å². The van der Waals surface area contributed by atoms with E-state index < -0.39 is 10.0 Å². The summed E-state index contributed by atoms with van der Waals surface area (Å²) >= 11 is 0. The molecule has 0 radical (unpaired) electrons. The van der Waals surface area contributed by atoms with Crippen molar-refractivity contribution in [2.45, 2.75) is 17.9 Å². The van der Waals surface area contributed by atoms with E-state index in [1.807, 2.05) is 29.1 Å². The molecule has 0 fully saturated rings. The molecule has 0 unspecified atom stereocenters. The van der Waals surface area contributed by atoms with Gasteiger partial charge in [0.2, 0.25) is 10.0 Å². The number of rotatable bonds is 6. The van der Waals surface area contributed by atoms with Gasteiger partial charge >= 0.3 is 5.69 Å². The molecule has 0 atom stereocenters. The second kappa shape index (κ2) is 5.82. The first-order chi connectivity index (χ1) is 10.5. The van der Waals surface area contributed by atoms with Gasteiger partial charge in [-0.2, -0.15) is 0 Å². The molecular weight excluding hydrogens is 304 g/mol. The molecule has 0 aliphatic heterocycles. The number of hydrogen-bond acceptors (Lipinski definition) is 3. The molecule has 3 rings (SSSR count). The molecule has 8 heteroatoms. The van der Waals surface area contributed by atoms with Crippen LogP contribution in [-0.2, 0) is 16.6 Å². The number of aryl methyl sites for hydroxylation is 1. The van der Waals surface area contributed by atoms with Gasteiger partial charge in [-0.15, -0.1) is 0 Å². The molecule has 0 saturated heterocycles. The SMILES string of the molecule is O=c1[nH]c2ccc(S(=O)(=O)NCCCn3cccc3)cc2[nH]1. The topological polar surface area (TPSA) is 99.8 Å². The Labute approximate surface area is 127 Å². The number of aromatic nitrogens is 3. The highest BCUT2D eigenvalue weighted by Crippen LogP contribution is 2.14. The Morgan fingerprint density at radius 2 is 1.82 bits per heavy atom. The molecule has 3 aromatic rings. The monoisotopic (exact) mass is 320 g/mol. The van der Waals surface area contributed by atoms with Crippen LogP contribution in [0, 0.1) is 0 Å². The minimum atomic E-state index is -3.58. The Morgan fingerprint density at radius 3 is 2.59 bits per heavy atom. The summed E-state index contributed by atoms with van der Waals surface area (Å²) in [6.45, 7) is 1.10. The van der Waals surface area contributed by atoms with E-state index in [1.165, 1.54) is 12.1 Å². The molecule has 0 saturated carbocycles. The Balaban J connectivity index is 1.66. The van der Waals surface area contributed by atoms with Crippen LogP contribution in [0.1, 0.15) is 6.42 Å². The zero-order chi connectivity index (χ0) is 15.6. The molecule has 0 aliphatic rings. The molecule has 0 spiro atoms. The Bertz CT molecular complexity index is 923. The number of nitrogens with zero attached hydrogens (tertiary/aromatic N) is 1. The van der Waals surface area contributed by atoms with Gasteiger partial charge in [0.1, 0.15) is 0 Å². The zero-order valence-electron chi connectivity index (χ0n) is 11.7. The number of sulfonamides is 1. The summed E-state index contributed by atoms with van der Waals surface area (Å²) in [6.07, 6.45) is 4.56. The molecular formula is C14H16N4O3S. The summed E-state index contributed by atoms with van der Waals surface area (Å²) in [4.78, 5) is 16.5. The van der Waals surface area contributed by atoms with Crippen LogP contribution < -0.4 is 10.4 Å². The van der Waals surface area contributed by atoms with Crippen LogP contribution in [0.15, 0.2) is 52.4 Å². The Hall–Kier alpha value is -2.32. The van der Waals surface area contributed by atoms with Crippen LogP contribution in [0.4, 0.5) is 0 Å². The van der Waals surface area contributed by atoms with Crippen molar-refractivity contribution in [3.8, 4) is 0 Å². The van der Waals surface area contributed by atoms with Crippen molar-refractivity contribution in [2.24, 2.45) is 0 Å². The van der Waals surface area contributed by atoms with Crippen LogP contribution in [0.25, 0.3) is 11.0 Å². The van der Waals surface area contributed by atoms with Crippen molar-refractivity contribution in [1.29, 1.82) is 0 Å². The lowest BCUT2D eigenvalue weighted by molar-refractivity contribution is 0.570. The molecule has 1 aromatic carbocycles. The summed E-state index contributed by atoms with van der Waals surface area (Å²) in [5, 5.41) is 0. The molecule has 116 valence electrons. The predicted molar refractivity (Wildman–Crippen MR) is 83.2 cm³/mol. The number of nitrogens with one attached hydrogen (secondary N) is 3. The van der Waals surface area contributed by atoms with Crippen LogP contribution in [0.2, 0.25) is 0 Å². The first kappa shape index (κ1) is 14.6. The van der Waals surface area contributed by atoms with E-state index in [2.05, 4.69) is 14.7 Å². The highest BCUT2D eigenvalue weighted by atomic mass is 32.2. The molecule has 2 heterocycles. The second-order valence-electron chi connectivity index (χ2n) is 4.96. The quantitative estimate of drug-likeness (QED) is 0.591. The largest absolute Gasteiger partial charge is 0.354 e. The van der Waals surface area contributed by atoms with Gasteiger partial charge < -0.3 is 14.5 Å². The van der Waals surface area contributed by atoms with E-state index in [-0.39, 0.29) is 10.6 Å². The van der Waals surface area contributed by atoms with Gasteiger partial charge in [0.05, 0.1) is 15.9 Å². The molecule has 0 aliphatic carbocycles.